The van der Waals surface area contributed by atoms with Gasteiger partial charge in [-0.05, 0) is 43.2 Å². The van der Waals surface area contributed by atoms with E-state index in [0.29, 0.717) is 0 Å². The predicted molar refractivity (Wildman–Crippen MR) is 103 cm³/mol. The number of rotatable bonds is 3. The molecule has 1 aliphatic rings. The molecule has 5 heteroatoms. The van der Waals surface area contributed by atoms with Gasteiger partial charge < -0.3 is 9.88 Å². The van der Waals surface area contributed by atoms with Crippen molar-refractivity contribution in [2.75, 3.05) is 26.2 Å². The number of hydrogen-bond donors (Lipinski definition) is 1. The minimum atomic E-state index is 0.148. The van der Waals surface area contributed by atoms with Crippen molar-refractivity contribution in [2.45, 2.75) is 20.4 Å². The van der Waals surface area contributed by atoms with Gasteiger partial charge in [0.2, 0.25) is 0 Å². The van der Waals surface area contributed by atoms with Gasteiger partial charge in [0, 0.05) is 31.7 Å². The average Bonchev–Trinajstić information content (AvgIpc) is 3.06. The Hall–Kier alpha value is -2.66. The number of aromatic amines is 1. The van der Waals surface area contributed by atoms with Crippen LogP contribution in [0.2, 0.25) is 0 Å². The SMILES string of the molecule is Cc1cccc(C(=O)N2CCN(Cc3nc4ccccc4[nH]3)CC2)c1C. The Morgan fingerprint density at radius 1 is 1.04 bits per heavy atom. The monoisotopic (exact) mass is 348 g/mol. The summed E-state index contributed by atoms with van der Waals surface area (Å²) in [5.41, 5.74) is 5.16. The van der Waals surface area contributed by atoms with Crippen LogP contribution in [-0.4, -0.2) is 51.9 Å². The first kappa shape index (κ1) is 16.8. The van der Waals surface area contributed by atoms with Gasteiger partial charge in [0.25, 0.3) is 5.91 Å². The lowest BCUT2D eigenvalue weighted by Gasteiger charge is -2.34. The Morgan fingerprint density at radius 2 is 1.81 bits per heavy atom. The minimum Gasteiger partial charge on any atom is -0.341 e. The lowest BCUT2D eigenvalue weighted by atomic mass is 10.0. The zero-order valence-corrected chi connectivity index (χ0v) is 15.3. The number of carbonyl (C=O) groups excluding carboxylic acids is 1. The van der Waals surface area contributed by atoms with Crippen molar-refractivity contribution in [3.63, 3.8) is 0 Å². The van der Waals surface area contributed by atoms with Crippen LogP contribution in [0.1, 0.15) is 27.3 Å². The number of nitrogens with zero attached hydrogens (tertiary/aromatic N) is 3. The number of fused-ring (bicyclic) bond motifs is 1. The van der Waals surface area contributed by atoms with Crippen LogP contribution in [-0.2, 0) is 6.54 Å². The predicted octanol–water partition coefficient (Wildman–Crippen LogP) is 3.14. The molecule has 5 nitrogen and oxygen atoms in total. The van der Waals surface area contributed by atoms with Crippen molar-refractivity contribution < 1.29 is 4.79 Å². The van der Waals surface area contributed by atoms with Crippen LogP contribution in [0.15, 0.2) is 42.5 Å². The van der Waals surface area contributed by atoms with E-state index in [2.05, 4.69) is 27.9 Å². The highest BCUT2D eigenvalue weighted by molar-refractivity contribution is 5.96. The Kier molecular flexibility index (Phi) is 4.47. The smallest absolute Gasteiger partial charge is 0.254 e. The molecule has 1 aliphatic heterocycles. The molecule has 2 heterocycles. The van der Waals surface area contributed by atoms with E-state index in [4.69, 9.17) is 0 Å². The molecular weight excluding hydrogens is 324 g/mol. The summed E-state index contributed by atoms with van der Waals surface area (Å²) in [5.74, 6) is 1.13. The topological polar surface area (TPSA) is 52.2 Å². The summed E-state index contributed by atoms with van der Waals surface area (Å²) in [6.45, 7) is 8.12. The van der Waals surface area contributed by atoms with Crippen molar-refractivity contribution in [1.82, 2.24) is 19.8 Å². The van der Waals surface area contributed by atoms with E-state index in [1.54, 1.807) is 0 Å². The number of aromatic nitrogens is 2. The molecule has 0 atom stereocenters. The van der Waals surface area contributed by atoms with Gasteiger partial charge in [0.1, 0.15) is 5.82 Å². The Bertz CT molecular complexity index is 905. The lowest BCUT2D eigenvalue weighted by molar-refractivity contribution is 0.0625. The van der Waals surface area contributed by atoms with Gasteiger partial charge in [0.15, 0.2) is 0 Å². The minimum absolute atomic E-state index is 0.148. The fraction of sp³-hybridized carbons (Fsp3) is 0.333. The van der Waals surface area contributed by atoms with Gasteiger partial charge in [-0.25, -0.2) is 4.98 Å². The summed E-state index contributed by atoms with van der Waals surface area (Å²) in [4.78, 5) is 25.2. The quantitative estimate of drug-likeness (QED) is 0.791. The van der Waals surface area contributed by atoms with Gasteiger partial charge >= 0.3 is 0 Å². The number of amides is 1. The van der Waals surface area contributed by atoms with Gasteiger partial charge in [-0.1, -0.05) is 24.3 Å². The molecule has 0 saturated carbocycles. The molecular formula is C21H24N4O. The molecule has 26 heavy (non-hydrogen) atoms. The molecule has 134 valence electrons. The molecule has 0 bridgehead atoms. The van der Waals surface area contributed by atoms with Gasteiger partial charge in [-0.2, -0.15) is 0 Å². The van der Waals surface area contributed by atoms with Crippen LogP contribution >= 0.6 is 0 Å². The summed E-state index contributed by atoms with van der Waals surface area (Å²) >= 11 is 0. The van der Waals surface area contributed by atoms with Gasteiger partial charge in [-0.15, -0.1) is 0 Å². The number of para-hydroxylation sites is 2. The molecule has 1 N–H and O–H groups in total. The van der Waals surface area contributed by atoms with Crippen LogP contribution in [0.25, 0.3) is 11.0 Å². The van der Waals surface area contributed by atoms with E-state index in [0.717, 1.165) is 60.7 Å². The summed E-state index contributed by atoms with van der Waals surface area (Å²) < 4.78 is 0. The van der Waals surface area contributed by atoms with Crippen molar-refractivity contribution in [1.29, 1.82) is 0 Å². The van der Waals surface area contributed by atoms with Crippen molar-refractivity contribution in [3.05, 3.63) is 65.0 Å². The molecule has 1 aromatic heterocycles. The Balaban J connectivity index is 1.39. The maximum atomic E-state index is 12.8. The summed E-state index contributed by atoms with van der Waals surface area (Å²) in [6, 6.07) is 14.0. The third-order valence-corrected chi connectivity index (χ3v) is 5.31. The van der Waals surface area contributed by atoms with Crippen LogP contribution in [0.4, 0.5) is 0 Å². The molecule has 4 rings (SSSR count). The number of imidazole rings is 1. The van der Waals surface area contributed by atoms with E-state index in [1.807, 2.05) is 48.2 Å². The first-order chi connectivity index (χ1) is 12.6. The van der Waals surface area contributed by atoms with Gasteiger partial charge in [0.05, 0.1) is 17.6 Å². The molecule has 0 unspecified atom stereocenters. The highest BCUT2D eigenvalue weighted by Gasteiger charge is 2.23. The van der Waals surface area contributed by atoms with E-state index in [-0.39, 0.29) is 5.91 Å². The average molecular weight is 348 g/mol. The molecule has 2 aromatic carbocycles. The lowest BCUT2D eigenvalue weighted by Crippen LogP contribution is -2.48. The molecule has 1 amide bonds. The number of benzene rings is 2. The van der Waals surface area contributed by atoms with E-state index >= 15 is 0 Å². The van der Waals surface area contributed by atoms with E-state index < -0.39 is 0 Å². The van der Waals surface area contributed by atoms with Crippen LogP contribution in [0.5, 0.6) is 0 Å². The number of hydrogen-bond acceptors (Lipinski definition) is 3. The Morgan fingerprint density at radius 3 is 2.58 bits per heavy atom. The molecule has 1 saturated heterocycles. The van der Waals surface area contributed by atoms with E-state index in [1.165, 1.54) is 5.56 Å². The van der Waals surface area contributed by atoms with Crippen molar-refractivity contribution >= 4 is 16.9 Å². The largest absolute Gasteiger partial charge is 0.341 e. The molecule has 3 aromatic rings. The van der Waals surface area contributed by atoms with Crippen LogP contribution in [0, 0.1) is 13.8 Å². The zero-order chi connectivity index (χ0) is 18.1. The molecule has 1 fully saturated rings. The summed E-state index contributed by atoms with van der Waals surface area (Å²) in [7, 11) is 0. The second-order valence-corrected chi connectivity index (χ2v) is 7.02. The zero-order valence-electron chi connectivity index (χ0n) is 15.3. The second kappa shape index (κ2) is 6.92. The third kappa shape index (κ3) is 3.22. The van der Waals surface area contributed by atoms with E-state index in [9.17, 15) is 4.79 Å². The number of nitrogens with one attached hydrogen (secondary N) is 1. The molecule has 0 radical (unpaired) electrons. The Labute approximate surface area is 153 Å². The second-order valence-electron chi connectivity index (χ2n) is 7.02. The fourth-order valence-corrected chi connectivity index (χ4v) is 3.55. The van der Waals surface area contributed by atoms with Gasteiger partial charge in [-0.3, -0.25) is 9.69 Å². The highest BCUT2D eigenvalue weighted by Crippen LogP contribution is 2.17. The maximum absolute atomic E-state index is 12.8. The van der Waals surface area contributed by atoms with Crippen molar-refractivity contribution in [2.24, 2.45) is 0 Å². The number of H-pyrrole nitrogens is 1. The first-order valence-corrected chi connectivity index (χ1v) is 9.13. The number of carbonyl (C=O) groups is 1. The maximum Gasteiger partial charge on any atom is 0.254 e. The third-order valence-electron chi connectivity index (χ3n) is 5.31. The molecule has 0 spiro atoms. The first-order valence-electron chi connectivity index (χ1n) is 9.13. The van der Waals surface area contributed by atoms with Crippen molar-refractivity contribution in [3.8, 4) is 0 Å². The normalized spacial score (nSPS) is 15.5. The number of piperazine rings is 1. The van der Waals surface area contributed by atoms with Crippen LogP contribution in [0.3, 0.4) is 0 Å². The summed E-state index contributed by atoms with van der Waals surface area (Å²) in [5, 5.41) is 0. The number of aryl methyl sites for hydroxylation is 1. The van der Waals surface area contributed by atoms with Crippen LogP contribution < -0.4 is 0 Å². The highest BCUT2D eigenvalue weighted by atomic mass is 16.2. The standard InChI is InChI=1S/C21H24N4O/c1-15-6-5-7-17(16(15)2)21(26)25-12-10-24(11-13-25)14-20-22-18-8-3-4-9-19(18)23-20/h3-9H,10-14H2,1-2H3,(H,22,23). The molecule has 0 aliphatic carbocycles. The summed E-state index contributed by atoms with van der Waals surface area (Å²) in [6.07, 6.45) is 0. The fourth-order valence-electron chi connectivity index (χ4n) is 3.55.